The van der Waals surface area contributed by atoms with Gasteiger partial charge < -0.3 is 16.5 Å². The van der Waals surface area contributed by atoms with Crippen LogP contribution in [-0.4, -0.2) is 22.6 Å². The predicted octanol–water partition coefficient (Wildman–Crippen LogP) is 4.89. The van der Waals surface area contributed by atoms with E-state index in [2.05, 4.69) is 15.6 Å². The van der Waals surface area contributed by atoms with Gasteiger partial charge in [0.2, 0.25) is 0 Å². The molecule has 0 aliphatic heterocycles. The molecule has 1 saturated carbocycles. The zero-order valence-electron chi connectivity index (χ0n) is 15.1. The van der Waals surface area contributed by atoms with Crippen molar-refractivity contribution in [1.82, 2.24) is 4.98 Å². The molecule has 0 unspecified atom stereocenters. The Hall–Kier alpha value is -2.64. The Kier molecular flexibility index (Phi) is 4.95. The summed E-state index contributed by atoms with van der Waals surface area (Å²) in [4.78, 5) is 17.7. The lowest BCUT2D eigenvalue weighted by atomic mass is 9.95. The number of nitrogen functional groups attached to an aromatic ring is 1. The fraction of sp³-hybridized carbons (Fsp3) is 0.250. The van der Waals surface area contributed by atoms with Crippen LogP contribution < -0.4 is 16.4 Å². The minimum absolute atomic E-state index is 0.0941. The van der Waals surface area contributed by atoms with Crippen molar-refractivity contribution in [3.8, 4) is 0 Å². The molecule has 0 spiro atoms. The number of carbonyl (C=O) groups is 1. The molecular weight excluding hydrogens is 394 g/mol. The molecule has 6 nitrogen and oxygen atoms in total. The fourth-order valence-electron chi connectivity index (χ4n) is 3.64. The van der Waals surface area contributed by atoms with Gasteiger partial charge in [-0.2, -0.15) is 0 Å². The quantitative estimate of drug-likeness (QED) is 0.353. The summed E-state index contributed by atoms with van der Waals surface area (Å²) in [5.74, 6) is -0.0941. The van der Waals surface area contributed by atoms with Crippen LogP contribution in [-0.2, 0) is 4.79 Å². The highest BCUT2D eigenvalue weighted by atomic mass is 35.5. The first-order valence-electron chi connectivity index (χ1n) is 9.05. The maximum absolute atomic E-state index is 13.2. The van der Waals surface area contributed by atoms with Gasteiger partial charge in [0.05, 0.1) is 10.2 Å². The number of hydrogen-bond acceptors (Lipinski definition) is 6. The molecule has 0 atom stereocenters. The first kappa shape index (κ1) is 18.7. The fourth-order valence-corrected chi connectivity index (χ4v) is 4.76. The molecule has 1 fully saturated rings. The summed E-state index contributed by atoms with van der Waals surface area (Å²) in [6.45, 7) is 0. The molecule has 0 saturated heterocycles. The molecule has 1 aliphatic rings. The number of aromatic nitrogens is 1. The van der Waals surface area contributed by atoms with Crippen molar-refractivity contribution in [2.75, 3.05) is 16.4 Å². The highest BCUT2D eigenvalue weighted by Gasteiger charge is 2.41. The molecule has 8 heteroatoms. The van der Waals surface area contributed by atoms with Crippen LogP contribution >= 0.6 is 22.9 Å². The zero-order chi connectivity index (χ0) is 19.7. The van der Waals surface area contributed by atoms with Gasteiger partial charge >= 0.3 is 0 Å². The Morgan fingerprint density at radius 2 is 1.93 bits per heavy atom. The molecule has 28 heavy (non-hydrogen) atoms. The molecule has 1 aromatic heterocycles. The Bertz CT molecular complexity index is 1040. The number of halogens is 1. The van der Waals surface area contributed by atoms with E-state index in [9.17, 15) is 4.79 Å². The lowest BCUT2D eigenvalue weighted by Crippen LogP contribution is -2.47. The van der Waals surface area contributed by atoms with Crippen LogP contribution in [0.2, 0.25) is 5.02 Å². The molecule has 0 bridgehead atoms. The summed E-state index contributed by atoms with van der Waals surface area (Å²) >= 11 is 7.31. The maximum atomic E-state index is 13.2. The molecular formula is C20H20ClN5OS. The number of anilines is 3. The van der Waals surface area contributed by atoms with Crippen LogP contribution in [0.25, 0.3) is 10.2 Å². The smallest absolute Gasteiger partial charge is 0.251 e. The molecule has 2 aromatic carbocycles. The van der Waals surface area contributed by atoms with E-state index in [0.29, 0.717) is 21.4 Å². The summed E-state index contributed by atoms with van der Waals surface area (Å²) in [5, 5.41) is 15.2. The van der Waals surface area contributed by atoms with E-state index < -0.39 is 5.54 Å². The maximum Gasteiger partial charge on any atom is 0.251 e. The largest absolute Gasteiger partial charge is 0.398 e. The average Bonchev–Trinajstić information content (AvgIpc) is 3.31. The molecule has 1 heterocycles. The second-order valence-electron chi connectivity index (χ2n) is 6.96. The lowest BCUT2D eigenvalue weighted by molar-refractivity contribution is -0.120. The number of thiazole rings is 1. The van der Waals surface area contributed by atoms with Gasteiger partial charge in [0, 0.05) is 28.2 Å². The topological polar surface area (TPSA) is 104 Å². The summed E-state index contributed by atoms with van der Waals surface area (Å²) in [5.41, 5.74) is 8.02. The first-order chi connectivity index (χ1) is 13.5. The highest BCUT2D eigenvalue weighted by molar-refractivity contribution is 7.22. The van der Waals surface area contributed by atoms with Crippen LogP contribution in [0, 0.1) is 5.41 Å². The molecule has 3 aromatic rings. The van der Waals surface area contributed by atoms with Gasteiger partial charge in [0.25, 0.3) is 5.91 Å². The van der Waals surface area contributed by atoms with Crippen LogP contribution in [0.1, 0.15) is 31.2 Å². The normalized spacial score (nSPS) is 15.5. The predicted molar refractivity (Wildman–Crippen MR) is 117 cm³/mol. The molecule has 1 amide bonds. The second kappa shape index (κ2) is 7.41. The zero-order valence-corrected chi connectivity index (χ0v) is 16.7. The number of amides is 1. The van der Waals surface area contributed by atoms with Gasteiger partial charge in [0.15, 0.2) is 5.13 Å². The van der Waals surface area contributed by atoms with Crippen LogP contribution in [0.5, 0.6) is 0 Å². The average molecular weight is 414 g/mol. The van der Waals surface area contributed by atoms with Crippen molar-refractivity contribution in [2.45, 2.75) is 31.2 Å². The number of nitrogens with two attached hydrogens (primary N) is 1. The van der Waals surface area contributed by atoms with Gasteiger partial charge in [-0.25, -0.2) is 4.98 Å². The van der Waals surface area contributed by atoms with E-state index in [4.69, 9.17) is 22.7 Å². The minimum Gasteiger partial charge on any atom is -0.398 e. The Labute approximate surface area is 171 Å². The molecule has 144 valence electrons. The number of fused-ring (bicyclic) bond motifs is 1. The second-order valence-corrected chi connectivity index (χ2v) is 8.39. The molecule has 1 aliphatic carbocycles. The standard InChI is InChI=1S/C20H20ClN5OS/c21-12-3-5-13(6-4-12)26-20(9-1-2-10-20)18(27)25-19-24-16-8-7-15(23)14(11-22)17(16)28-19/h3-8,11,22,26H,1-2,9-10,23H2,(H,24,25,27). The number of nitrogens with zero attached hydrogens (tertiary/aromatic N) is 1. The minimum atomic E-state index is -0.672. The third kappa shape index (κ3) is 3.43. The third-order valence-electron chi connectivity index (χ3n) is 5.11. The van der Waals surface area contributed by atoms with Crippen molar-refractivity contribution < 1.29 is 4.79 Å². The van der Waals surface area contributed by atoms with Crippen molar-refractivity contribution >= 4 is 61.8 Å². The third-order valence-corrected chi connectivity index (χ3v) is 6.39. The van der Waals surface area contributed by atoms with Crippen LogP contribution in [0.4, 0.5) is 16.5 Å². The number of benzene rings is 2. The Morgan fingerprint density at radius 1 is 1.21 bits per heavy atom. The van der Waals surface area contributed by atoms with Gasteiger partial charge in [-0.1, -0.05) is 35.8 Å². The van der Waals surface area contributed by atoms with Gasteiger partial charge in [0.1, 0.15) is 5.54 Å². The summed E-state index contributed by atoms with van der Waals surface area (Å²) in [6, 6.07) is 10.9. The lowest BCUT2D eigenvalue weighted by Gasteiger charge is -2.29. The van der Waals surface area contributed by atoms with Crippen molar-refractivity contribution in [3.63, 3.8) is 0 Å². The monoisotopic (exact) mass is 413 g/mol. The summed E-state index contributed by atoms with van der Waals surface area (Å²) in [6.07, 6.45) is 4.71. The van der Waals surface area contributed by atoms with E-state index in [-0.39, 0.29) is 5.91 Å². The number of hydrogen-bond donors (Lipinski definition) is 4. The Balaban J connectivity index is 1.61. The Morgan fingerprint density at radius 3 is 2.61 bits per heavy atom. The molecule has 4 rings (SSSR count). The van der Waals surface area contributed by atoms with E-state index in [0.717, 1.165) is 41.6 Å². The van der Waals surface area contributed by atoms with Gasteiger partial charge in [-0.05, 0) is 49.2 Å². The van der Waals surface area contributed by atoms with E-state index in [1.54, 1.807) is 24.3 Å². The van der Waals surface area contributed by atoms with Gasteiger partial charge in [-0.3, -0.25) is 10.1 Å². The van der Waals surface area contributed by atoms with Gasteiger partial charge in [-0.15, -0.1) is 0 Å². The van der Waals surface area contributed by atoms with Crippen molar-refractivity contribution in [2.24, 2.45) is 0 Å². The van der Waals surface area contributed by atoms with Crippen molar-refractivity contribution in [1.29, 1.82) is 5.41 Å². The van der Waals surface area contributed by atoms with Crippen LogP contribution in [0.3, 0.4) is 0 Å². The van der Waals surface area contributed by atoms with E-state index in [1.807, 2.05) is 12.1 Å². The number of nitrogens with one attached hydrogen (secondary N) is 3. The summed E-state index contributed by atoms with van der Waals surface area (Å²) < 4.78 is 0.802. The van der Waals surface area contributed by atoms with E-state index in [1.165, 1.54) is 17.6 Å². The van der Waals surface area contributed by atoms with Crippen molar-refractivity contribution in [3.05, 3.63) is 47.0 Å². The number of carbonyl (C=O) groups excluding carboxylic acids is 1. The highest BCUT2D eigenvalue weighted by Crippen LogP contribution is 2.36. The molecule has 5 N–H and O–H groups in total. The van der Waals surface area contributed by atoms with Crippen LogP contribution in [0.15, 0.2) is 36.4 Å². The number of rotatable bonds is 5. The molecule has 0 radical (unpaired) electrons. The van der Waals surface area contributed by atoms with E-state index >= 15 is 0 Å². The first-order valence-corrected chi connectivity index (χ1v) is 10.2. The summed E-state index contributed by atoms with van der Waals surface area (Å²) in [7, 11) is 0. The SMILES string of the molecule is N=Cc1c(N)ccc2nc(NC(=O)C3(Nc4ccc(Cl)cc4)CCCC3)sc12.